The summed E-state index contributed by atoms with van der Waals surface area (Å²) in [6.07, 6.45) is 2.83. The molecule has 0 spiro atoms. The van der Waals surface area contributed by atoms with Gasteiger partial charge in [0.05, 0.1) is 11.8 Å². The maximum atomic E-state index is 12.2. The number of anilines is 1. The predicted octanol–water partition coefficient (Wildman–Crippen LogP) is 2.85. The van der Waals surface area contributed by atoms with E-state index in [1.807, 2.05) is 24.0 Å². The Morgan fingerprint density at radius 1 is 1.24 bits per heavy atom. The molecule has 0 aromatic heterocycles. The number of carbonyl (C=O) groups excluding carboxylic acids is 2. The first-order valence-electron chi connectivity index (χ1n) is 7.42. The Labute approximate surface area is 129 Å². The first-order chi connectivity index (χ1) is 10.1. The number of carbonyl (C=O) groups is 2. The molecule has 1 saturated heterocycles. The number of hydrogen-bond donors (Lipinski definition) is 1. The van der Waals surface area contributed by atoms with Gasteiger partial charge in [0.25, 0.3) is 0 Å². The summed E-state index contributed by atoms with van der Waals surface area (Å²) in [6.45, 7) is 3.56. The molecule has 1 saturated carbocycles. The van der Waals surface area contributed by atoms with Gasteiger partial charge in [0.1, 0.15) is 0 Å². The largest absolute Gasteiger partial charge is 0.342 e. The van der Waals surface area contributed by atoms with Crippen molar-refractivity contribution >= 4 is 29.1 Å². The molecule has 2 atom stereocenters. The molecule has 0 radical (unpaired) electrons. The van der Waals surface area contributed by atoms with E-state index < -0.39 is 0 Å². The number of rotatable bonds is 3. The number of hydrogen-bond acceptors (Lipinski definition) is 2. The average Bonchev–Trinajstić information content (AvgIpc) is 3.08. The SMILES string of the molecule is Cc1c(Cl)cccc1NC(=O)C1CC1C(=O)N1CCCC1. The molecule has 2 unspecified atom stereocenters. The molecule has 1 aliphatic carbocycles. The van der Waals surface area contributed by atoms with Crippen LogP contribution in [0, 0.1) is 18.8 Å². The van der Waals surface area contributed by atoms with Crippen molar-refractivity contribution < 1.29 is 9.59 Å². The number of halogens is 1. The number of nitrogens with zero attached hydrogens (tertiary/aromatic N) is 1. The van der Waals surface area contributed by atoms with E-state index in [4.69, 9.17) is 11.6 Å². The van der Waals surface area contributed by atoms with Crippen LogP contribution in [0.5, 0.6) is 0 Å². The van der Waals surface area contributed by atoms with Crippen molar-refractivity contribution in [1.29, 1.82) is 0 Å². The molecule has 1 aromatic carbocycles. The van der Waals surface area contributed by atoms with Crippen molar-refractivity contribution in [2.45, 2.75) is 26.2 Å². The Bertz CT molecular complexity index is 582. The lowest BCUT2D eigenvalue weighted by molar-refractivity contribution is -0.133. The van der Waals surface area contributed by atoms with Gasteiger partial charge >= 0.3 is 0 Å². The van der Waals surface area contributed by atoms with Gasteiger partial charge in [0.2, 0.25) is 11.8 Å². The van der Waals surface area contributed by atoms with Gasteiger partial charge in [-0.2, -0.15) is 0 Å². The summed E-state index contributed by atoms with van der Waals surface area (Å²) in [5, 5.41) is 3.53. The van der Waals surface area contributed by atoms with Crippen LogP contribution in [0.4, 0.5) is 5.69 Å². The monoisotopic (exact) mass is 306 g/mol. The Kier molecular flexibility index (Phi) is 3.89. The summed E-state index contributed by atoms with van der Waals surface area (Å²) >= 11 is 6.05. The van der Waals surface area contributed by atoms with Gasteiger partial charge in [0.15, 0.2) is 0 Å². The van der Waals surface area contributed by atoms with E-state index in [9.17, 15) is 9.59 Å². The molecule has 0 bridgehead atoms. The number of likely N-dealkylation sites (tertiary alicyclic amines) is 1. The molecule has 2 fully saturated rings. The van der Waals surface area contributed by atoms with Crippen molar-refractivity contribution in [1.82, 2.24) is 4.90 Å². The smallest absolute Gasteiger partial charge is 0.228 e. The quantitative estimate of drug-likeness (QED) is 0.933. The molecule has 5 heteroatoms. The topological polar surface area (TPSA) is 49.4 Å². The second-order valence-corrected chi connectivity index (χ2v) is 6.29. The van der Waals surface area contributed by atoms with Gasteiger partial charge in [0, 0.05) is 23.8 Å². The summed E-state index contributed by atoms with van der Waals surface area (Å²) in [7, 11) is 0. The van der Waals surface area contributed by atoms with Gasteiger partial charge in [-0.25, -0.2) is 0 Å². The zero-order valence-electron chi connectivity index (χ0n) is 12.1. The van der Waals surface area contributed by atoms with E-state index in [-0.39, 0.29) is 23.7 Å². The standard InChI is InChI=1S/C16H19ClN2O2/c1-10-13(17)5-4-6-14(10)18-15(20)11-9-12(11)16(21)19-7-2-3-8-19/h4-6,11-12H,2-3,7-9H2,1H3,(H,18,20). The molecule has 4 nitrogen and oxygen atoms in total. The summed E-state index contributed by atoms with van der Waals surface area (Å²) in [5.74, 6) is -0.229. The van der Waals surface area contributed by atoms with Crippen molar-refractivity contribution in [3.05, 3.63) is 28.8 Å². The molecular formula is C16H19ClN2O2. The van der Waals surface area contributed by atoms with Crippen LogP contribution in [-0.2, 0) is 9.59 Å². The number of benzene rings is 1. The van der Waals surface area contributed by atoms with Gasteiger partial charge in [-0.1, -0.05) is 17.7 Å². The van der Waals surface area contributed by atoms with Gasteiger partial charge < -0.3 is 10.2 Å². The van der Waals surface area contributed by atoms with Crippen LogP contribution in [-0.4, -0.2) is 29.8 Å². The first kappa shape index (κ1) is 14.4. The molecule has 1 aliphatic heterocycles. The molecule has 2 aliphatic rings. The molecule has 2 amide bonds. The second-order valence-electron chi connectivity index (χ2n) is 5.88. The van der Waals surface area contributed by atoms with E-state index in [0.717, 1.165) is 37.2 Å². The van der Waals surface area contributed by atoms with Crippen molar-refractivity contribution in [2.24, 2.45) is 11.8 Å². The lowest BCUT2D eigenvalue weighted by atomic mass is 10.2. The third kappa shape index (κ3) is 2.91. The van der Waals surface area contributed by atoms with E-state index in [1.54, 1.807) is 6.07 Å². The van der Waals surface area contributed by atoms with Crippen molar-refractivity contribution in [3.8, 4) is 0 Å². The number of nitrogens with one attached hydrogen (secondary N) is 1. The zero-order chi connectivity index (χ0) is 15.0. The molecule has 1 aromatic rings. The van der Waals surface area contributed by atoms with Crippen LogP contribution in [0.2, 0.25) is 5.02 Å². The molecule has 1 heterocycles. The lowest BCUT2D eigenvalue weighted by Crippen LogP contribution is -2.30. The van der Waals surface area contributed by atoms with Gasteiger partial charge in [-0.05, 0) is 43.9 Å². The van der Waals surface area contributed by atoms with E-state index in [2.05, 4.69) is 5.32 Å². The second kappa shape index (κ2) is 5.68. The maximum Gasteiger partial charge on any atom is 0.228 e. The van der Waals surface area contributed by atoms with Crippen LogP contribution in [0.3, 0.4) is 0 Å². The van der Waals surface area contributed by atoms with Gasteiger partial charge in [-0.3, -0.25) is 9.59 Å². The van der Waals surface area contributed by atoms with Gasteiger partial charge in [-0.15, -0.1) is 0 Å². The zero-order valence-corrected chi connectivity index (χ0v) is 12.8. The van der Waals surface area contributed by atoms with Crippen LogP contribution < -0.4 is 5.32 Å². The summed E-state index contributed by atoms with van der Waals surface area (Å²) < 4.78 is 0. The van der Waals surface area contributed by atoms with E-state index >= 15 is 0 Å². The minimum absolute atomic E-state index is 0.0714. The third-order valence-electron chi connectivity index (χ3n) is 4.39. The summed E-state index contributed by atoms with van der Waals surface area (Å²) in [6, 6.07) is 5.44. The molecule has 3 rings (SSSR count). The lowest BCUT2D eigenvalue weighted by Gasteiger charge is -2.15. The fourth-order valence-electron chi connectivity index (χ4n) is 2.90. The predicted molar refractivity (Wildman–Crippen MR) is 82.2 cm³/mol. The molecular weight excluding hydrogens is 288 g/mol. The van der Waals surface area contributed by atoms with E-state index in [1.165, 1.54) is 0 Å². The van der Waals surface area contributed by atoms with Crippen LogP contribution in [0.1, 0.15) is 24.8 Å². The summed E-state index contributed by atoms with van der Waals surface area (Å²) in [5.41, 5.74) is 1.59. The Hall–Kier alpha value is -1.55. The first-order valence-corrected chi connectivity index (χ1v) is 7.80. The van der Waals surface area contributed by atoms with Crippen molar-refractivity contribution in [2.75, 3.05) is 18.4 Å². The number of amides is 2. The average molecular weight is 307 g/mol. The van der Waals surface area contributed by atoms with Crippen molar-refractivity contribution in [3.63, 3.8) is 0 Å². The Morgan fingerprint density at radius 2 is 1.95 bits per heavy atom. The normalized spacial score (nSPS) is 24.0. The minimum atomic E-state index is -0.184. The fourth-order valence-corrected chi connectivity index (χ4v) is 3.07. The molecule has 1 N–H and O–H groups in total. The fraction of sp³-hybridized carbons (Fsp3) is 0.500. The van der Waals surface area contributed by atoms with E-state index in [0.29, 0.717) is 11.4 Å². The van der Waals surface area contributed by atoms with Crippen LogP contribution in [0.15, 0.2) is 18.2 Å². The Morgan fingerprint density at radius 3 is 2.67 bits per heavy atom. The minimum Gasteiger partial charge on any atom is -0.342 e. The third-order valence-corrected chi connectivity index (χ3v) is 4.80. The highest BCUT2D eigenvalue weighted by atomic mass is 35.5. The maximum absolute atomic E-state index is 12.2. The Balaban J connectivity index is 1.60. The highest BCUT2D eigenvalue weighted by Crippen LogP contribution is 2.41. The highest BCUT2D eigenvalue weighted by molar-refractivity contribution is 6.31. The molecule has 112 valence electrons. The molecule has 21 heavy (non-hydrogen) atoms. The summed E-state index contributed by atoms with van der Waals surface area (Å²) in [4.78, 5) is 26.4. The van der Waals surface area contributed by atoms with Crippen LogP contribution in [0.25, 0.3) is 0 Å². The van der Waals surface area contributed by atoms with Crippen LogP contribution >= 0.6 is 11.6 Å². The highest BCUT2D eigenvalue weighted by Gasteiger charge is 2.49.